The summed E-state index contributed by atoms with van der Waals surface area (Å²) in [6.07, 6.45) is 2.96. The molecule has 2 N–H and O–H groups in total. The van der Waals surface area contributed by atoms with Crippen molar-refractivity contribution < 1.29 is 18.4 Å². The zero-order valence-corrected chi connectivity index (χ0v) is 29.0. The second-order valence-electron chi connectivity index (χ2n) is 9.53. The molecule has 10 nitrogen and oxygen atoms in total. The smallest absolute Gasteiger partial charge is 0.271 e. The first-order valence-corrected chi connectivity index (χ1v) is 16.4. The molecule has 14 heteroatoms. The number of rotatable bonds is 14. The first-order valence-electron chi connectivity index (χ1n) is 14.3. The first kappa shape index (κ1) is 35.8. The number of alkyl halides is 2. The molecule has 0 aliphatic heterocycles. The van der Waals surface area contributed by atoms with E-state index < -0.39 is 0 Å². The summed E-state index contributed by atoms with van der Waals surface area (Å²) >= 11 is 4.41. The maximum absolute atomic E-state index is 12.3. The predicted octanol–water partition coefficient (Wildman–Crippen LogP) is 4.51. The van der Waals surface area contributed by atoms with Gasteiger partial charge in [0.05, 0.1) is 34.5 Å². The molecule has 0 unspecified atom stereocenters. The van der Waals surface area contributed by atoms with Crippen molar-refractivity contribution >= 4 is 79.1 Å². The lowest BCUT2D eigenvalue weighted by Crippen LogP contribution is -2.36. The van der Waals surface area contributed by atoms with Crippen LogP contribution in [0.4, 0.5) is 8.78 Å². The summed E-state index contributed by atoms with van der Waals surface area (Å²) in [6, 6.07) is 11.4. The number of nitrogens with one attached hydrogen (secondary N) is 2. The van der Waals surface area contributed by atoms with E-state index in [1.165, 1.54) is 12.4 Å². The van der Waals surface area contributed by atoms with Crippen LogP contribution in [0.15, 0.2) is 48.8 Å². The minimum atomic E-state index is -0.378. The number of benzene rings is 2. The largest absolute Gasteiger partial charge is 0.349 e. The normalized spacial score (nSPS) is 11.1. The van der Waals surface area contributed by atoms with Crippen LogP contribution in [0, 0.1) is 7.14 Å². The van der Waals surface area contributed by atoms with E-state index in [4.69, 9.17) is 0 Å². The van der Waals surface area contributed by atoms with Gasteiger partial charge in [-0.05, 0) is 94.7 Å². The molecular weight excluding hydrogens is 794 g/mol. The van der Waals surface area contributed by atoms with Gasteiger partial charge in [0.25, 0.3) is 11.8 Å². The number of carbonyl (C=O) groups excluding carboxylic acids is 2. The van der Waals surface area contributed by atoms with Crippen LogP contribution in [-0.2, 0) is 0 Å². The van der Waals surface area contributed by atoms with Crippen molar-refractivity contribution in [1.29, 1.82) is 0 Å². The molecule has 2 heterocycles. The summed E-state index contributed by atoms with van der Waals surface area (Å²) in [6.45, 7) is 7.62. The molecule has 0 radical (unpaired) electrons. The average molecular weight is 830 g/mol. The number of aromatic nitrogens is 4. The van der Waals surface area contributed by atoms with Crippen molar-refractivity contribution in [2.75, 3.05) is 65.7 Å². The van der Waals surface area contributed by atoms with Crippen LogP contribution in [0.5, 0.6) is 0 Å². The Morgan fingerprint density at radius 3 is 1.70 bits per heavy atom. The second kappa shape index (κ2) is 19.0. The van der Waals surface area contributed by atoms with E-state index in [9.17, 15) is 18.4 Å². The van der Waals surface area contributed by atoms with Crippen molar-refractivity contribution in [2.24, 2.45) is 0 Å². The molecular formula is C30H36F2I2N8O2. The van der Waals surface area contributed by atoms with E-state index in [-0.39, 0.29) is 25.2 Å². The number of hydrogen-bond donors (Lipinski definition) is 2. The standard InChI is InChI=1S/2C15H18FIN4O/c2*1-2-21(7-5-16)8-6-18-15(22)14-10-19-13-9-11(17)3-4-12(13)20-14/h2*3-4,9-10H,2,5-8H2,1H3,(H,18,22)/i17-2;. The molecule has 0 spiro atoms. The number of nitrogens with zero attached hydrogens (tertiary/aromatic N) is 6. The Balaban J connectivity index is 0.000000240. The maximum atomic E-state index is 12.3. The van der Waals surface area contributed by atoms with Crippen LogP contribution in [0.3, 0.4) is 0 Å². The Hall–Kier alpha value is -2.70. The van der Waals surface area contributed by atoms with E-state index in [1.54, 1.807) is 0 Å². The molecule has 0 aliphatic carbocycles. The van der Waals surface area contributed by atoms with Crippen LogP contribution in [0.2, 0.25) is 0 Å². The van der Waals surface area contributed by atoms with Gasteiger partial charge in [-0.1, -0.05) is 13.8 Å². The molecule has 4 aromatic rings. The lowest BCUT2D eigenvalue weighted by Gasteiger charge is -2.18. The second-order valence-corrected chi connectivity index (χ2v) is 12.0. The Labute approximate surface area is 283 Å². The third kappa shape index (κ3) is 11.3. The number of likely N-dealkylation sites (N-methyl/N-ethyl adjacent to an activating group) is 2. The Kier molecular flexibility index (Phi) is 15.4. The van der Waals surface area contributed by atoms with Gasteiger partial charge < -0.3 is 10.6 Å². The molecule has 0 saturated heterocycles. The Bertz CT molecular complexity index is 1420. The molecule has 2 aromatic heterocycles. The summed E-state index contributed by atoms with van der Waals surface area (Å²) in [5.74, 6) is -0.520. The fraction of sp³-hybridized carbons (Fsp3) is 0.400. The number of halogens is 4. The number of amides is 2. The third-order valence-electron chi connectivity index (χ3n) is 6.60. The van der Waals surface area contributed by atoms with Crippen molar-refractivity contribution in [3.05, 3.63) is 67.3 Å². The zero-order valence-electron chi connectivity index (χ0n) is 24.7. The summed E-state index contributed by atoms with van der Waals surface area (Å²) in [4.78, 5) is 45.2. The van der Waals surface area contributed by atoms with Crippen molar-refractivity contribution in [1.82, 2.24) is 40.4 Å². The Morgan fingerprint density at radius 2 is 1.23 bits per heavy atom. The van der Waals surface area contributed by atoms with E-state index in [0.717, 1.165) is 31.3 Å². The van der Waals surface area contributed by atoms with Gasteiger partial charge >= 0.3 is 0 Å². The van der Waals surface area contributed by atoms with Crippen LogP contribution in [-0.4, -0.2) is 107 Å². The summed E-state index contributed by atoms with van der Waals surface area (Å²) < 4.78 is 26.8. The van der Waals surface area contributed by atoms with Crippen LogP contribution in [0.1, 0.15) is 34.8 Å². The van der Waals surface area contributed by atoms with Crippen LogP contribution in [0.25, 0.3) is 22.1 Å². The van der Waals surface area contributed by atoms with Crippen LogP contribution >= 0.6 is 45.2 Å². The minimum Gasteiger partial charge on any atom is -0.349 e. The van der Waals surface area contributed by atoms with Crippen molar-refractivity contribution in [3.8, 4) is 0 Å². The molecule has 0 saturated carbocycles. The van der Waals surface area contributed by atoms with Gasteiger partial charge in [0.15, 0.2) is 0 Å². The molecule has 4 rings (SSSR count). The number of fused-ring (bicyclic) bond motifs is 2. The van der Waals surface area contributed by atoms with Gasteiger partial charge in [-0.2, -0.15) is 0 Å². The monoisotopic (exact) mass is 830 g/mol. The van der Waals surface area contributed by atoms with E-state index >= 15 is 0 Å². The minimum absolute atomic E-state index is 0.260. The highest BCUT2D eigenvalue weighted by molar-refractivity contribution is 14.1. The first-order chi connectivity index (χ1) is 21.3. The summed E-state index contributed by atoms with van der Waals surface area (Å²) in [7, 11) is 0. The Morgan fingerprint density at radius 1 is 0.750 bits per heavy atom. The third-order valence-corrected chi connectivity index (χ3v) is 7.94. The lowest BCUT2D eigenvalue weighted by atomic mass is 10.3. The highest BCUT2D eigenvalue weighted by Crippen LogP contribution is 2.15. The molecule has 44 heavy (non-hydrogen) atoms. The van der Waals surface area contributed by atoms with Gasteiger partial charge in [-0.3, -0.25) is 29.4 Å². The van der Waals surface area contributed by atoms with Crippen molar-refractivity contribution in [2.45, 2.75) is 13.8 Å². The van der Waals surface area contributed by atoms with Gasteiger partial charge in [0.1, 0.15) is 24.7 Å². The lowest BCUT2D eigenvalue weighted by molar-refractivity contribution is 0.0935. The summed E-state index contributed by atoms with van der Waals surface area (Å²) in [5.41, 5.74) is 3.51. The van der Waals surface area contributed by atoms with Gasteiger partial charge in [-0.15, -0.1) is 0 Å². The number of hydrogen-bond acceptors (Lipinski definition) is 8. The highest BCUT2D eigenvalue weighted by Gasteiger charge is 2.11. The van der Waals surface area contributed by atoms with E-state index in [1.807, 2.05) is 60.0 Å². The molecule has 0 atom stereocenters. The van der Waals surface area contributed by atoms with Gasteiger partial charge in [-0.25, -0.2) is 18.7 Å². The maximum Gasteiger partial charge on any atom is 0.271 e. The molecule has 2 aromatic carbocycles. The quantitative estimate of drug-likeness (QED) is 0.179. The highest BCUT2D eigenvalue weighted by atomic mass is 127. The van der Waals surface area contributed by atoms with E-state index in [2.05, 4.69) is 75.8 Å². The van der Waals surface area contributed by atoms with Gasteiger partial charge in [0, 0.05) is 46.4 Å². The molecule has 0 bridgehead atoms. The molecule has 2 amide bonds. The molecule has 0 aliphatic rings. The zero-order chi connectivity index (χ0) is 31.9. The molecule has 0 fully saturated rings. The predicted molar refractivity (Wildman–Crippen MR) is 185 cm³/mol. The topological polar surface area (TPSA) is 116 Å². The SMILES string of the molecule is CCN(CCF)CCNC(=O)c1cnc2cc(I)ccc2n1.CCN(CCF)CCNC(=O)c1cnc2cc([125I])ccc2n1. The van der Waals surface area contributed by atoms with E-state index in [0.29, 0.717) is 61.7 Å². The summed E-state index contributed by atoms with van der Waals surface area (Å²) in [5, 5.41) is 5.58. The van der Waals surface area contributed by atoms with Gasteiger partial charge in [0.2, 0.25) is 0 Å². The van der Waals surface area contributed by atoms with Crippen molar-refractivity contribution in [3.63, 3.8) is 0 Å². The average Bonchev–Trinajstić information content (AvgIpc) is 3.03. The fourth-order valence-corrected chi connectivity index (χ4v) is 5.07. The molecule has 236 valence electrons. The number of carbonyl (C=O) groups is 2. The van der Waals surface area contributed by atoms with Crippen LogP contribution < -0.4 is 10.6 Å². The fourth-order valence-electron chi connectivity index (χ4n) is 4.12.